The van der Waals surface area contributed by atoms with Gasteiger partial charge in [-0.15, -0.1) is 0 Å². The minimum absolute atomic E-state index is 0.276. The standard InChI is InChI=1S/C27H22N2O2/c1-2-31-27(30)24(22-16-10-14-19-11-6-7-15-21(19)22)26-25(20-12-4-3-5-13-20)28-23-17-8-9-18-29(23)26/h3-18,24H,2H2,1H3. The molecular weight excluding hydrogens is 384 g/mol. The summed E-state index contributed by atoms with van der Waals surface area (Å²) in [5, 5.41) is 2.12. The Labute approximate surface area is 180 Å². The number of esters is 1. The molecule has 4 nitrogen and oxygen atoms in total. The van der Waals surface area contributed by atoms with Crippen LogP contribution < -0.4 is 0 Å². The summed E-state index contributed by atoms with van der Waals surface area (Å²) in [4.78, 5) is 18.4. The Hall–Kier alpha value is -3.92. The number of fused-ring (bicyclic) bond motifs is 2. The highest BCUT2D eigenvalue weighted by molar-refractivity contribution is 5.94. The average Bonchev–Trinajstić information content (AvgIpc) is 3.20. The van der Waals surface area contributed by atoms with Crippen LogP contribution >= 0.6 is 0 Å². The number of carbonyl (C=O) groups is 1. The summed E-state index contributed by atoms with van der Waals surface area (Å²) in [7, 11) is 0. The van der Waals surface area contributed by atoms with Crippen LogP contribution in [0.3, 0.4) is 0 Å². The molecule has 31 heavy (non-hydrogen) atoms. The van der Waals surface area contributed by atoms with E-state index in [2.05, 4.69) is 18.2 Å². The van der Waals surface area contributed by atoms with Crippen molar-refractivity contribution in [3.63, 3.8) is 0 Å². The molecule has 0 amide bonds. The minimum atomic E-state index is -0.612. The Morgan fingerprint density at radius 3 is 2.48 bits per heavy atom. The molecule has 0 saturated carbocycles. The van der Waals surface area contributed by atoms with Gasteiger partial charge in [0.05, 0.1) is 18.0 Å². The molecule has 0 aliphatic heterocycles. The zero-order valence-electron chi connectivity index (χ0n) is 17.2. The summed E-state index contributed by atoms with van der Waals surface area (Å²) in [6.07, 6.45) is 1.96. The zero-order valence-corrected chi connectivity index (χ0v) is 17.2. The van der Waals surface area contributed by atoms with Crippen molar-refractivity contribution in [2.75, 3.05) is 6.61 Å². The zero-order chi connectivity index (χ0) is 21.2. The van der Waals surface area contributed by atoms with E-state index in [1.54, 1.807) is 0 Å². The molecule has 0 aliphatic carbocycles. The summed E-state index contributed by atoms with van der Waals surface area (Å²) in [6.45, 7) is 2.15. The Morgan fingerprint density at radius 1 is 0.903 bits per heavy atom. The molecule has 1 atom stereocenters. The number of nitrogens with zero attached hydrogens (tertiary/aromatic N) is 2. The highest BCUT2D eigenvalue weighted by atomic mass is 16.5. The third-order valence-corrected chi connectivity index (χ3v) is 5.54. The lowest BCUT2D eigenvalue weighted by Gasteiger charge is -2.19. The van der Waals surface area contributed by atoms with Crippen molar-refractivity contribution in [3.05, 3.63) is 108 Å². The molecule has 1 unspecified atom stereocenters. The summed E-state index contributed by atoms with van der Waals surface area (Å²) in [5.74, 6) is -0.889. The van der Waals surface area contributed by atoms with Gasteiger partial charge in [-0.1, -0.05) is 78.9 Å². The van der Waals surface area contributed by atoms with Crippen molar-refractivity contribution in [1.29, 1.82) is 0 Å². The first-order valence-electron chi connectivity index (χ1n) is 10.4. The number of benzene rings is 3. The first-order chi connectivity index (χ1) is 15.3. The van der Waals surface area contributed by atoms with Crippen molar-refractivity contribution in [2.24, 2.45) is 0 Å². The molecule has 0 bridgehead atoms. The summed E-state index contributed by atoms with van der Waals surface area (Å²) >= 11 is 0. The van der Waals surface area contributed by atoms with Gasteiger partial charge in [-0.3, -0.25) is 4.79 Å². The van der Waals surface area contributed by atoms with E-state index in [1.165, 1.54) is 0 Å². The van der Waals surface area contributed by atoms with Crippen LogP contribution in [0.5, 0.6) is 0 Å². The molecular formula is C27H22N2O2. The molecule has 5 rings (SSSR count). The van der Waals surface area contributed by atoms with Gasteiger partial charge in [0.25, 0.3) is 0 Å². The fourth-order valence-electron chi connectivity index (χ4n) is 4.21. The molecule has 2 heterocycles. The monoisotopic (exact) mass is 406 g/mol. The summed E-state index contributed by atoms with van der Waals surface area (Å²) in [5.41, 5.74) is 4.29. The van der Waals surface area contributed by atoms with Crippen LogP contribution in [0.2, 0.25) is 0 Å². The average molecular weight is 406 g/mol. The topological polar surface area (TPSA) is 43.6 Å². The summed E-state index contributed by atoms with van der Waals surface area (Å²) in [6, 6.07) is 30.1. The van der Waals surface area contributed by atoms with Crippen LogP contribution in [0.25, 0.3) is 27.7 Å². The van der Waals surface area contributed by atoms with E-state index in [0.717, 1.165) is 38.9 Å². The smallest absolute Gasteiger partial charge is 0.319 e. The maximum Gasteiger partial charge on any atom is 0.319 e. The van der Waals surface area contributed by atoms with Crippen LogP contribution in [-0.2, 0) is 9.53 Å². The largest absolute Gasteiger partial charge is 0.465 e. The van der Waals surface area contributed by atoms with E-state index in [4.69, 9.17) is 9.72 Å². The van der Waals surface area contributed by atoms with Crippen molar-refractivity contribution >= 4 is 22.4 Å². The quantitative estimate of drug-likeness (QED) is 0.344. The van der Waals surface area contributed by atoms with Gasteiger partial charge in [0, 0.05) is 11.8 Å². The molecule has 2 aromatic heterocycles. The lowest BCUT2D eigenvalue weighted by molar-refractivity contribution is -0.143. The highest BCUT2D eigenvalue weighted by Gasteiger charge is 2.32. The molecule has 152 valence electrons. The molecule has 5 aromatic rings. The first kappa shape index (κ1) is 19.1. The lowest BCUT2D eigenvalue weighted by atomic mass is 9.89. The van der Waals surface area contributed by atoms with Gasteiger partial charge in [0.15, 0.2) is 0 Å². The van der Waals surface area contributed by atoms with Crippen molar-refractivity contribution in [2.45, 2.75) is 12.8 Å². The van der Waals surface area contributed by atoms with Crippen LogP contribution in [0.15, 0.2) is 97.2 Å². The fourth-order valence-corrected chi connectivity index (χ4v) is 4.21. The van der Waals surface area contributed by atoms with E-state index in [-0.39, 0.29) is 5.97 Å². The Bertz CT molecular complexity index is 1370. The van der Waals surface area contributed by atoms with Crippen molar-refractivity contribution < 1.29 is 9.53 Å². The van der Waals surface area contributed by atoms with Gasteiger partial charge < -0.3 is 9.14 Å². The van der Waals surface area contributed by atoms with Gasteiger partial charge in [-0.05, 0) is 35.4 Å². The predicted molar refractivity (Wildman–Crippen MR) is 123 cm³/mol. The maximum atomic E-state index is 13.4. The van der Waals surface area contributed by atoms with E-state index < -0.39 is 5.92 Å². The third kappa shape index (κ3) is 3.36. The molecule has 3 aromatic carbocycles. The molecule has 0 aliphatic rings. The number of pyridine rings is 1. The second kappa shape index (κ2) is 8.07. The molecule has 0 fully saturated rings. The third-order valence-electron chi connectivity index (χ3n) is 5.54. The van der Waals surface area contributed by atoms with Crippen LogP contribution in [0, 0.1) is 0 Å². The van der Waals surface area contributed by atoms with E-state index in [0.29, 0.717) is 6.61 Å². The number of aromatic nitrogens is 2. The van der Waals surface area contributed by atoms with E-state index >= 15 is 0 Å². The molecule has 4 heteroatoms. The number of hydrogen-bond donors (Lipinski definition) is 0. The van der Waals surface area contributed by atoms with E-state index in [1.807, 2.05) is 90.3 Å². The lowest BCUT2D eigenvalue weighted by Crippen LogP contribution is -2.20. The van der Waals surface area contributed by atoms with Crippen LogP contribution in [-0.4, -0.2) is 22.0 Å². The van der Waals surface area contributed by atoms with Gasteiger partial charge in [0.2, 0.25) is 0 Å². The fraction of sp³-hybridized carbons (Fsp3) is 0.111. The van der Waals surface area contributed by atoms with Gasteiger partial charge in [-0.2, -0.15) is 0 Å². The van der Waals surface area contributed by atoms with E-state index in [9.17, 15) is 4.79 Å². The van der Waals surface area contributed by atoms with Crippen molar-refractivity contribution in [3.8, 4) is 11.3 Å². The Balaban J connectivity index is 1.85. The molecule has 0 N–H and O–H groups in total. The molecule has 0 spiro atoms. The SMILES string of the molecule is CCOC(=O)C(c1cccc2ccccc12)c1c(-c2ccccc2)nc2ccccn12. The first-order valence-corrected chi connectivity index (χ1v) is 10.4. The maximum absolute atomic E-state index is 13.4. The van der Waals surface area contributed by atoms with Crippen molar-refractivity contribution in [1.82, 2.24) is 9.38 Å². The van der Waals surface area contributed by atoms with Gasteiger partial charge in [0.1, 0.15) is 11.6 Å². The molecule has 0 saturated heterocycles. The normalized spacial score (nSPS) is 12.2. The second-order valence-corrected chi connectivity index (χ2v) is 7.39. The minimum Gasteiger partial charge on any atom is -0.465 e. The summed E-state index contributed by atoms with van der Waals surface area (Å²) < 4.78 is 7.60. The number of imidazole rings is 1. The Kier molecular flexibility index (Phi) is 4.97. The Morgan fingerprint density at radius 2 is 1.65 bits per heavy atom. The second-order valence-electron chi connectivity index (χ2n) is 7.39. The van der Waals surface area contributed by atoms with Gasteiger partial charge in [-0.25, -0.2) is 4.98 Å². The number of carbonyl (C=O) groups excluding carboxylic acids is 1. The number of hydrogen-bond acceptors (Lipinski definition) is 3. The number of ether oxygens (including phenoxy) is 1. The van der Waals surface area contributed by atoms with Crippen LogP contribution in [0.4, 0.5) is 0 Å². The molecule has 0 radical (unpaired) electrons. The predicted octanol–water partition coefficient (Wildman–Crippen LogP) is 5.85. The number of rotatable bonds is 5. The van der Waals surface area contributed by atoms with Crippen LogP contribution in [0.1, 0.15) is 24.1 Å². The van der Waals surface area contributed by atoms with Gasteiger partial charge >= 0.3 is 5.97 Å². The highest BCUT2D eigenvalue weighted by Crippen LogP contribution is 2.37.